The highest BCUT2D eigenvalue weighted by molar-refractivity contribution is 5.25. The van der Waals surface area contributed by atoms with Crippen molar-refractivity contribution in [3.05, 3.63) is 35.1 Å². The average molecular weight is 236 g/mol. The molecule has 1 N–H and O–H groups in total. The molecular formula is C14H21FN2. The zero-order valence-electron chi connectivity index (χ0n) is 10.7. The SMILES string of the molecule is CCNCc1ccc(F)c(CN(C)C2CC2)c1. The van der Waals surface area contributed by atoms with Gasteiger partial charge in [-0.2, -0.15) is 0 Å². The number of nitrogens with zero attached hydrogens (tertiary/aromatic N) is 1. The normalized spacial score (nSPS) is 15.5. The van der Waals surface area contributed by atoms with E-state index in [2.05, 4.69) is 24.2 Å². The summed E-state index contributed by atoms with van der Waals surface area (Å²) < 4.78 is 13.7. The molecule has 0 bridgehead atoms. The van der Waals surface area contributed by atoms with Crippen LogP contribution in [0.1, 0.15) is 30.9 Å². The molecule has 0 aromatic heterocycles. The Hall–Kier alpha value is -0.930. The van der Waals surface area contributed by atoms with Gasteiger partial charge in [-0.3, -0.25) is 4.90 Å². The van der Waals surface area contributed by atoms with Crippen LogP contribution in [0, 0.1) is 5.82 Å². The van der Waals surface area contributed by atoms with Gasteiger partial charge in [0.05, 0.1) is 0 Å². The number of benzene rings is 1. The van der Waals surface area contributed by atoms with Crippen molar-refractivity contribution in [1.29, 1.82) is 0 Å². The minimum Gasteiger partial charge on any atom is -0.313 e. The molecule has 2 nitrogen and oxygen atoms in total. The predicted octanol–water partition coefficient (Wildman–Crippen LogP) is 2.53. The van der Waals surface area contributed by atoms with Crippen LogP contribution in [0.25, 0.3) is 0 Å². The van der Waals surface area contributed by atoms with Gasteiger partial charge in [-0.15, -0.1) is 0 Å². The van der Waals surface area contributed by atoms with Gasteiger partial charge in [0.2, 0.25) is 0 Å². The van der Waals surface area contributed by atoms with E-state index in [1.165, 1.54) is 12.8 Å². The molecule has 1 fully saturated rings. The Labute approximate surface area is 103 Å². The molecular weight excluding hydrogens is 215 g/mol. The first-order valence-electron chi connectivity index (χ1n) is 6.39. The fraction of sp³-hybridized carbons (Fsp3) is 0.571. The van der Waals surface area contributed by atoms with Crippen LogP contribution in [0.15, 0.2) is 18.2 Å². The van der Waals surface area contributed by atoms with Gasteiger partial charge in [-0.25, -0.2) is 4.39 Å². The fourth-order valence-corrected chi connectivity index (χ4v) is 2.04. The van der Waals surface area contributed by atoms with E-state index >= 15 is 0 Å². The number of halogens is 1. The maximum Gasteiger partial charge on any atom is 0.127 e. The lowest BCUT2D eigenvalue weighted by molar-refractivity contribution is 0.311. The smallest absolute Gasteiger partial charge is 0.127 e. The van der Waals surface area contributed by atoms with E-state index < -0.39 is 0 Å². The third-order valence-electron chi connectivity index (χ3n) is 3.28. The highest BCUT2D eigenvalue weighted by atomic mass is 19.1. The van der Waals surface area contributed by atoms with Gasteiger partial charge in [0.15, 0.2) is 0 Å². The summed E-state index contributed by atoms with van der Waals surface area (Å²) >= 11 is 0. The van der Waals surface area contributed by atoms with Gasteiger partial charge in [0, 0.05) is 24.7 Å². The van der Waals surface area contributed by atoms with E-state index in [9.17, 15) is 4.39 Å². The molecule has 0 heterocycles. The summed E-state index contributed by atoms with van der Waals surface area (Å²) in [5.41, 5.74) is 1.97. The molecule has 1 aromatic carbocycles. The Morgan fingerprint density at radius 1 is 1.41 bits per heavy atom. The minimum absolute atomic E-state index is 0.0854. The van der Waals surface area contributed by atoms with Crippen molar-refractivity contribution in [2.24, 2.45) is 0 Å². The van der Waals surface area contributed by atoms with Crippen LogP contribution in [0.3, 0.4) is 0 Å². The monoisotopic (exact) mass is 236 g/mol. The van der Waals surface area contributed by atoms with Crippen molar-refractivity contribution < 1.29 is 4.39 Å². The topological polar surface area (TPSA) is 15.3 Å². The van der Waals surface area contributed by atoms with Gasteiger partial charge in [0.1, 0.15) is 5.82 Å². The lowest BCUT2D eigenvalue weighted by atomic mass is 10.1. The molecule has 0 aliphatic heterocycles. The molecule has 94 valence electrons. The predicted molar refractivity (Wildman–Crippen MR) is 68.3 cm³/mol. The first kappa shape index (κ1) is 12.5. The molecule has 1 aromatic rings. The Morgan fingerprint density at radius 2 is 2.18 bits per heavy atom. The lowest BCUT2D eigenvalue weighted by Gasteiger charge is -2.16. The zero-order valence-corrected chi connectivity index (χ0v) is 10.7. The van der Waals surface area contributed by atoms with Crippen molar-refractivity contribution in [3.63, 3.8) is 0 Å². The molecule has 0 spiro atoms. The molecule has 0 atom stereocenters. The van der Waals surface area contributed by atoms with Crippen LogP contribution in [0.2, 0.25) is 0 Å². The van der Waals surface area contributed by atoms with E-state index in [0.29, 0.717) is 6.04 Å². The van der Waals surface area contributed by atoms with Crippen LogP contribution < -0.4 is 5.32 Å². The van der Waals surface area contributed by atoms with Crippen LogP contribution in [-0.2, 0) is 13.1 Å². The van der Waals surface area contributed by atoms with Crippen molar-refractivity contribution in [3.8, 4) is 0 Å². The number of hydrogen-bond donors (Lipinski definition) is 1. The van der Waals surface area contributed by atoms with Gasteiger partial charge >= 0.3 is 0 Å². The Kier molecular flexibility index (Phi) is 4.13. The highest BCUT2D eigenvalue weighted by Crippen LogP contribution is 2.27. The molecule has 0 saturated heterocycles. The summed E-state index contributed by atoms with van der Waals surface area (Å²) in [6.45, 7) is 4.55. The third-order valence-corrected chi connectivity index (χ3v) is 3.28. The van der Waals surface area contributed by atoms with E-state index in [0.717, 1.165) is 30.8 Å². The van der Waals surface area contributed by atoms with Crippen molar-refractivity contribution in [2.45, 2.75) is 38.9 Å². The van der Waals surface area contributed by atoms with Crippen molar-refractivity contribution >= 4 is 0 Å². The maximum absolute atomic E-state index is 13.7. The maximum atomic E-state index is 13.7. The first-order chi connectivity index (χ1) is 8.20. The van der Waals surface area contributed by atoms with Crippen LogP contribution in [-0.4, -0.2) is 24.5 Å². The summed E-state index contributed by atoms with van der Waals surface area (Å²) in [6, 6.07) is 6.10. The summed E-state index contributed by atoms with van der Waals surface area (Å²) in [5.74, 6) is -0.0854. The molecule has 3 heteroatoms. The second kappa shape index (κ2) is 5.61. The van der Waals surface area contributed by atoms with E-state index in [1.807, 2.05) is 12.1 Å². The first-order valence-corrected chi connectivity index (χ1v) is 6.39. The van der Waals surface area contributed by atoms with Gasteiger partial charge in [-0.1, -0.05) is 19.1 Å². The molecule has 17 heavy (non-hydrogen) atoms. The Morgan fingerprint density at radius 3 is 2.82 bits per heavy atom. The number of hydrogen-bond acceptors (Lipinski definition) is 2. The standard InChI is InChI=1S/C14H21FN2/c1-3-16-9-11-4-7-14(15)12(8-11)10-17(2)13-5-6-13/h4,7-8,13,16H,3,5-6,9-10H2,1-2H3. The quantitative estimate of drug-likeness (QED) is 0.816. The summed E-state index contributed by atoms with van der Waals surface area (Å²) in [5, 5.41) is 3.26. The average Bonchev–Trinajstić information content (AvgIpc) is 3.14. The van der Waals surface area contributed by atoms with Crippen molar-refractivity contribution in [2.75, 3.05) is 13.6 Å². The minimum atomic E-state index is -0.0854. The molecule has 0 radical (unpaired) electrons. The lowest BCUT2D eigenvalue weighted by Crippen LogP contribution is -2.21. The molecule has 2 rings (SSSR count). The summed E-state index contributed by atoms with van der Waals surface area (Å²) in [4.78, 5) is 2.25. The van der Waals surface area contributed by atoms with E-state index in [4.69, 9.17) is 0 Å². The van der Waals surface area contributed by atoms with Crippen LogP contribution in [0.4, 0.5) is 4.39 Å². The number of nitrogens with one attached hydrogen (secondary N) is 1. The fourth-order valence-electron chi connectivity index (χ4n) is 2.04. The van der Waals surface area contributed by atoms with E-state index in [1.54, 1.807) is 6.07 Å². The molecule has 0 amide bonds. The highest BCUT2D eigenvalue weighted by Gasteiger charge is 2.26. The molecule has 1 aliphatic rings. The molecule has 1 aliphatic carbocycles. The van der Waals surface area contributed by atoms with Gasteiger partial charge in [-0.05, 0) is 38.1 Å². The summed E-state index contributed by atoms with van der Waals surface area (Å²) in [7, 11) is 2.08. The van der Waals surface area contributed by atoms with Gasteiger partial charge in [0.25, 0.3) is 0 Å². The van der Waals surface area contributed by atoms with Crippen LogP contribution in [0.5, 0.6) is 0 Å². The zero-order chi connectivity index (χ0) is 12.3. The van der Waals surface area contributed by atoms with Gasteiger partial charge < -0.3 is 5.32 Å². The van der Waals surface area contributed by atoms with Crippen LogP contribution >= 0.6 is 0 Å². The largest absolute Gasteiger partial charge is 0.313 e. The molecule has 0 unspecified atom stereocenters. The van der Waals surface area contributed by atoms with Crippen molar-refractivity contribution in [1.82, 2.24) is 10.2 Å². The molecule has 1 saturated carbocycles. The number of rotatable bonds is 6. The third kappa shape index (κ3) is 3.51. The van der Waals surface area contributed by atoms with E-state index in [-0.39, 0.29) is 5.82 Å². The Balaban J connectivity index is 2.02. The summed E-state index contributed by atoms with van der Waals surface area (Å²) in [6.07, 6.45) is 2.52. The second-order valence-corrected chi connectivity index (χ2v) is 4.85. The second-order valence-electron chi connectivity index (χ2n) is 4.85. The Bertz CT molecular complexity index is 374.